The van der Waals surface area contributed by atoms with Crippen molar-refractivity contribution < 1.29 is 4.74 Å². The van der Waals surface area contributed by atoms with Crippen molar-refractivity contribution in [3.8, 4) is 44.9 Å². The molecule has 9 aromatic rings. The van der Waals surface area contributed by atoms with Gasteiger partial charge in [-0.2, -0.15) is 0 Å². The smallest absolute Gasteiger partial charge is 0.152 e. The average Bonchev–Trinajstić information content (AvgIpc) is 3.53. The van der Waals surface area contributed by atoms with E-state index in [-0.39, 0.29) is 10.8 Å². The number of nitrogens with zero attached hydrogens (tertiary/aromatic N) is 2. The number of hydrogen-bond acceptors (Lipinski definition) is 3. The van der Waals surface area contributed by atoms with E-state index in [4.69, 9.17) is 4.74 Å². The lowest BCUT2D eigenvalue weighted by atomic mass is 9.70. The SMILES string of the molecule is CC1(C)c2ccccc2-c2ccc(N(c3ccccc3)c3ccc(-c4ccc(-c5ccc6c7c5C(C)(C)c5ccccc5N7c5c(ccc7ccccc57)O6)cc4)cc3)cc21. The molecule has 0 atom stereocenters. The molecule has 0 fully saturated rings. The summed E-state index contributed by atoms with van der Waals surface area (Å²) in [5.41, 5.74) is 19.2. The van der Waals surface area contributed by atoms with E-state index < -0.39 is 0 Å². The Bertz CT molecular complexity index is 3220. The van der Waals surface area contributed by atoms with E-state index in [0.29, 0.717) is 0 Å². The number of fused-ring (bicyclic) bond motifs is 9. The Morgan fingerprint density at radius 3 is 1.79 bits per heavy atom. The molecule has 0 radical (unpaired) electrons. The molecule has 0 aromatic heterocycles. The highest BCUT2D eigenvalue weighted by atomic mass is 16.5. The normalized spacial score (nSPS) is 14.6. The maximum absolute atomic E-state index is 6.79. The average molecular weight is 785 g/mol. The first-order valence-corrected chi connectivity index (χ1v) is 21.3. The highest BCUT2D eigenvalue weighted by Gasteiger charge is 2.43. The van der Waals surface area contributed by atoms with Crippen molar-refractivity contribution in [2.24, 2.45) is 0 Å². The van der Waals surface area contributed by atoms with Crippen molar-refractivity contribution in [3.05, 3.63) is 216 Å². The van der Waals surface area contributed by atoms with E-state index in [9.17, 15) is 0 Å². The summed E-state index contributed by atoms with van der Waals surface area (Å²) in [6.45, 7) is 9.41. The molecule has 2 heterocycles. The summed E-state index contributed by atoms with van der Waals surface area (Å²) in [7, 11) is 0. The Kier molecular flexibility index (Phi) is 7.62. The van der Waals surface area contributed by atoms with Gasteiger partial charge in [-0.15, -0.1) is 0 Å². The predicted molar refractivity (Wildman–Crippen MR) is 254 cm³/mol. The Morgan fingerprint density at radius 1 is 0.410 bits per heavy atom. The van der Waals surface area contributed by atoms with Gasteiger partial charge in [0, 0.05) is 33.3 Å². The van der Waals surface area contributed by atoms with Gasteiger partial charge in [0.2, 0.25) is 0 Å². The topological polar surface area (TPSA) is 15.7 Å². The van der Waals surface area contributed by atoms with Crippen molar-refractivity contribution >= 4 is 44.9 Å². The van der Waals surface area contributed by atoms with Crippen LogP contribution in [0.5, 0.6) is 11.5 Å². The van der Waals surface area contributed by atoms with Gasteiger partial charge < -0.3 is 14.5 Å². The lowest BCUT2D eigenvalue weighted by Gasteiger charge is -2.46. The number of para-hydroxylation sites is 2. The molecule has 61 heavy (non-hydrogen) atoms. The zero-order chi connectivity index (χ0) is 41.0. The maximum Gasteiger partial charge on any atom is 0.152 e. The first-order chi connectivity index (χ1) is 29.8. The van der Waals surface area contributed by atoms with Gasteiger partial charge >= 0.3 is 0 Å². The second kappa shape index (κ2) is 13.1. The van der Waals surface area contributed by atoms with E-state index in [1.54, 1.807) is 0 Å². The molecule has 0 bridgehead atoms. The second-order valence-corrected chi connectivity index (χ2v) is 17.7. The van der Waals surface area contributed by atoms with Crippen LogP contribution in [0.15, 0.2) is 194 Å². The monoisotopic (exact) mass is 784 g/mol. The summed E-state index contributed by atoms with van der Waals surface area (Å²) < 4.78 is 6.79. The van der Waals surface area contributed by atoms with Crippen LogP contribution < -0.4 is 14.5 Å². The van der Waals surface area contributed by atoms with Crippen LogP contribution in [0.2, 0.25) is 0 Å². The lowest BCUT2D eigenvalue weighted by molar-refractivity contribution is 0.472. The van der Waals surface area contributed by atoms with Gasteiger partial charge in [-0.25, -0.2) is 0 Å². The van der Waals surface area contributed by atoms with Crippen molar-refractivity contribution in [2.45, 2.75) is 38.5 Å². The highest BCUT2D eigenvalue weighted by molar-refractivity contribution is 6.07. The standard InChI is InChI=1S/C58H44N2O/c1-57(2)48-19-11-10-18-46(48)47-32-31-43(36-50(47)57)59(41-15-6-5-7-16-41)42-29-26-38(27-30-42)37-22-24-40(25-23-37)44-33-35-53-56-54(44)58(3,4)49-20-12-13-21-51(49)60(56)55-45-17-9-8-14-39(45)28-34-52(55)61-53/h5-36H,1-4H3. The van der Waals surface area contributed by atoms with E-state index in [1.165, 1.54) is 72.1 Å². The maximum atomic E-state index is 6.79. The Labute approximate surface area is 357 Å². The highest BCUT2D eigenvalue weighted by Crippen LogP contribution is 2.63. The van der Waals surface area contributed by atoms with Crippen LogP contribution in [0, 0.1) is 0 Å². The number of hydrogen-bond donors (Lipinski definition) is 0. The number of anilines is 6. The van der Waals surface area contributed by atoms with Gasteiger partial charge in [-0.05, 0) is 116 Å². The Morgan fingerprint density at radius 2 is 0.984 bits per heavy atom. The summed E-state index contributed by atoms with van der Waals surface area (Å²) in [6, 6.07) is 70.9. The van der Waals surface area contributed by atoms with Crippen molar-refractivity contribution in [3.63, 3.8) is 0 Å². The Hall–Kier alpha value is -7.36. The molecular formula is C58H44N2O. The largest absolute Gasteiger partial charge is 0.453 e. The van der Waals surface area contributed by atoms with Crippen LogP contribution in [0.1, 0.15) is 49.9 Å². The number of ether oxygens (including phenoxy) is 1. The molecule has 0 spiro atoms. The molecule has 0 N–H and O–H groups in total. The van der Waals surface area contributed by atoms with Gasteiger partial charge in [0.1, 0.15) is 0 Å². The third kappa shape index (κ3) is 5.23. The minimum Gasteiger partial charge on any atom is -0.453 e. The van der Waals surface area contributed by atoms with E-state index in [2.05, 4.69) is 232 Å². The molecule has 0 unspecified atom stereocenters. The first kappa shape index (κ1) is 35.6. The summed E-state index contributed by atoms with van der Waals surface area (Å²) in [5, 5.41) is 2.38. The Balaban J connectivity index is 0.916. The fourth-order valence-corrected chi connectivity index (χ4v) is 10.6. The van der Waals surface area contributed by atoms with Crippen molar-refractivity contribution in [1.29, 1.82) is 0 Å². The van der Waals surface area contributed by atoms with Crippen LogP contribution in [-0.4, -0.2) is 0 Å². The van der Waals surface area contributed by atoms with Gasteiger partial charge in [0.25, 0.3) is 0 Å². The van der Waals surface area contributed by atoms with Crippen LogP contribution in [0.25, 0.3) is 44.2 Å². The molecule has 3 aliphatic rings. The summed E-state index contributed by atoms with van der Waals surface area (Å²) in [4.78, 5) is 4.84. The lowest BCUT2D eigenvalue weighted by Crippen LogP contribution is -2.33. The van der Waals surface area contributed by atoms with E-state index in [0.717, 1.165) is 39.9 Å². The van der Waals surface area contributed by atoms with Gasteiger partial charge in [-0.1, -0.05) is 167 Å². The molecule has 1 aliphatic carbocycles. The van der Waals surface area contributed by atoms with Gasteiger partial charge in [0.15, 0.2) is 11.5 Å². The third-order valence-corrected chi connectivity index (χ3v) is 13.6. The summed E-state index contributed by atoms with van der Waals surface area (Å²) >= 11 is 0. The fourth-order valence-electron chi connectivity index (χ4n) is 10.6. The van der Waals surface area contributed by atoms with Gasteiger partial charge in [-0.3, -0.25) is 0 Å². The minimum atomic E-state index is -0.281. The predicted octanol–water partition coefficient (Wildman–Crippen LogP) is 16.2. The first-order valence-electron chi connectivity index (χ1n) is 21.3. The molecule has 0 saturated heterocycles. The fraction of sp³-hybridized carbons (Fsp3) is 0.103. The molecular weight excluding hydrogens is 741 g/mol. The van der Waals surface area contributed by atoms with Crippen LogP contribution in [-0.2, 0) is 10.8 Å². The van der Waals surface area contributed by atoms with Crippen LogP contribution in [0.4, 0.5) is 34.1 Å². The van der Waals surface area contributed by atoms with E-state index >= 15 is 0 Å². The number of benzene rings is 9. The molecule has 0 amide bonds. The van der Waals surface area contributed by atoms with Crippen molar-refractivity contribution in [1.82, 2.24) is 0 Å². The summed E-state index contributed by atoms with van der Waals surface area (Å²) in [5.74, 6) is 1.77. The zero-order valence-electron chi connectivity index (χ0n) is 34.8. The second-order valence-electron chi connectivity index (χ2n) is 17.7. The molecule has 2 aliphatic heterocycles. The number of rotatable bonds is 5. The third-order valence-electron chi connectivity index (χ3n) is 13.6. The molecule has 0 saturated carbocycles. The van der Waals surface area contributed by atoms with E-state index in [1.807, 2.05) is 0 Å². The van der Waals surface area contributed by atoms with Crippen LogP contribution in [0.3, 0.4) is 0 Å². The molecule has 3 heteroatoms. The molecule has 3 nitrogen and oxygen atoms in total. The van der Waals surface area contributed by atoms with Gasteiger partial charge in [0.05, 0.1) is 17.1 Å². The minimum absolute atomic E-state index is 0.0785. The van der Waals surface area contributed by atoms with Crippen molar-refractivity contribution in [2.75, 3.05) is 9.80 Å². The molecule has 292 valence electrons. The quantitative estimate of drug-likeness (QED) is 0.173. The molecule has 9 aromatic carbocycles. The summed E-state index contributed by atoms with van der Waals surface area (Å²) in [6.07, 6.45) is 0. The molecule has 12 rings (SSSR count). The van der Waals surface area contributed by atoms with Crippen LogP contribution >= 0.6 is 0 Å². The zero-order valence-corrected chi connectivity index (χ0v) is 34.8.